The molecule has 3 aromatic rings. The van der Waals surface area contributed by atoms with Crippen LogP contribution in [0.2, 0.25) is 0 Å². The van der Waals surface area contributed by atoms with Gasteiger partial charge in [-0.3, -0.25) is 0 Å². The first-order valence-corrected chi connectivity index (χ1v) is 8.63. The first kappa shape index (κ1) is 18.6. The van der Waals surface area contributed by atoms with Crippen molar-refractivity contribution in [2.24, 2.45) is 0 Å². The van der Waals surface area contributed by atoms with Crippen molar-refractivity contribution in [2.75, 3.05) is 13.7 Å². The van der Waals surface area contributed by atoms with E-state index in [4.69, 9.17) is 18.4 Å². The number of benzene rings is 1. The third kappa shape index (κ3) is 3.40. The number of methoxy groups -OCH3 is 1. The number of hydrogen-bond donors (Lipinski definition) is 1. The minimum atomic E-state index is -0.542. The van der Waals surface area contributed by atoms with Gasteiger partial charge in [0.1, 0.15) is 17.3 Å². The number of aromatic nitrogens is 1. The Balaban J connectivity index is 2.10. The lowest BCUT2D eigenvalue weighted by Crippen LogP contribution is -2.02. The molecule has 0 radical (unpaired) electrons. The Morgan fingerprint density at radius 3 is 2.70 bits per heavy atom. The van der Waals surface area contributed by atoms with E-state index in [2.05, 4.69) is 5.16 Å². The number of phenols is 1. The number of carbonyl (C=O) groups is 1. The molecule has 7 heteroatoms. The first-order chi connectivity index (χ1) is 13.0. The highest BCUT2D eigenvalue weighted by Crippen LogP contribution is 2.42. The molecule has 0 unspecified atom stereocenters. The van der Waals surface area contributed by atoms with Crippen LogP contribution in [0.5, 0.6) is 11.5 Å². The molecule has 0 fully saturated rings. The van der Waals surface area contributed by atoms with Gasteiger partial charge in [-0.1, -0.05) is 12.1 Å². The van der Waals surface area contributed by atoms with Crippen molar-refractivity contribution in [3.8, 4) is 34.1 Å². The summed E-state index contributed by atoms with van der Waals surface area (Å²) in [6, 6.07) is 6.53. The highest BCUT2D eigenvalue weighted by atomic mass is 16.5. The second-order valence-electron chi connectivity index (χ2n) is 5.89. The van der Waals surface area contributed by atoms with Crippen LogP contribution >= 0.6 is 0 Å². The van der Waals surface area contributed by atoms with E-state index in [1.54, 1.807) is 39.2 Å². The van der Waals surface area contributed by atoms with Crippen molar-refractivity contribution >= 4 is 5.97 Å². The lowest BCUT2D eigenvalue weighted by Gasteiger charge is -2.10. The molecule has 0 aliphatic carbocycles. The molecule has 7 nitrogen and oxygen atoms in total. The van der Waals surface area contributed by atoms with Crippen molar-refractivity contribution in [1.29, 1.82) is 0 Å². The van der Waals surface area contributed by atoms with Gasteiger partial charge in [0.05, 0.1) is 30.5 Å². The van der Waals surface area contributed by atoms with E-state index in [1.165, 1.54) is 6.07 Å². The van der Waals surface area contributed by atoms with Crippen LogP contribution in [-0.4, -0.2) is 29.9 Å². The summed E-state index contributed by atoms with van der Waals surface area (Å²) in [5.41, 5.74) is 2.52. The number of rotatable bonds is 6. The van der Waals surface area contributed by atoms with Crippen LogP contribution in [0, 0.1) is 6.92 Å². The van der Waals surface area contributed by atoms with E-state index < -0.39 is 5.97 Å². The normalized spacial score (nSPS) is 10.8. The largest absolute Gasteiger partial charge is 0.507 e. The number of aryl methyl sites for hydroxylation is 2. The highest BCUT2D eigenvalue weighted by Gasteiger charge is 2.24. The summed E-state index contributed by atoms with van der Waals surface area (Å²) in [5.74, 6) is 0.900. The molecule has 0 atom stereocenters. The van der Waals surface area contributed by atoms with Crippen LogP contribution in [-0.2, 0) is 11.2 Å². The van der Waals surface area contributed by atoms with E-state index in [-0.39, 0.29) is 18.1 Å². The van der Waals surface area contributed by atoms with Gasteiger partial charge in [0.25, 0.3) is 0 Å². The number of esters is 1. The lowest BCUT2D eigenvalue weighted by molar-refractivity contribution is 0.0491. The van der Waals surface area contributed by atoms with Crippen LogP contribution in [0.1, 0.15) is 35.7 Å². The smallest absolute Gasteiger partial charge is 0.374 e. The van der Waals surface area contributed by atoms with Gasteiger partial charge in [-0.25, -0.2) is 4.79 Å². The zero-order valence-electron chi connectivity index (χ0n) is 15.7. The Hall–Kier alpha value is -3.22. The fourth-order valence-corrected chi connectivity index (χ4v) is 2.89. The summed E-state index contributed by atoms with van der Waals surface area (Å²) >= 11 is 0. The molecule has 142 valence electrons. The van der Waals surface area contributed by atoms with Crippen molar-refractivity contribution in [2.45, 2.75) is 27.2 Å². The standard InChI is InChI=1S/C20H21NO6/c1-5-12-9-13(14(22)10-17(12)24-4)19-18(11(3)21-27-19)15-7-8-16(26-15)20(23)25-6-2/h7-10,22H,5-6H2,1-4H3. The molecule has 1 N–H and O–H groups in total. The molecule has 0 aliphatic heterocycles. The zero-order valence-corrected chi connectivity index (χ0v) is 15.7. The number of aromatic hydroxyl groups is 1. The number of phenolic OH excluding ortho intramolecular Hbond substituents is 1. The Kier molecular flexibility index (Phi) is 5.21. The van der Waals surface area contributed by atoms with Crippen molar-refractivity contribution < 1.29 is 28.3 Å². The monoisotopic (exact) mass is 371 g/mol. The molecule has 0 spiro atoms. The number of carbonyl (C=O) groups excluding carboxylic acids is 1. The molecule has 0 saturated heterocycles. The summed E-state index contributed by atoms with van der Waals surface area (Å²) in [7, 11) is 1.55. The third-order valence-electron chi connectivity index (χ3n) is 4.22. The Labute approximate surface area is 156 Å². The maximum atomic E-state index is 11.9. The summed E-state index contributed by atoms with van der Waals surface area (Å²) < 4.78 is 21.4. The van der Waals surface area contributed by atoms with Gasteiger partial charge in [0, 0.05) is 6.07 Å². The first-order valence-electron chi connectivity index (χ1n) is 8.63. The predicted octanol–water partition coefficient (Wildman–Crippen LogP) is 4.36. The molecule has 2 aromatic heterocycles. The summed E-state index contributed by atoms with van der Waals surface area (Å²) in [5, 5.41) is 14.5. The van der Waals surface area contributed by atoms with Gasteiger partial charge in [0.15, 0.2) is 5.76 Å². The van der Waals surface area contributed by atoms with Crippen molar-refractivity contribution in [1.82, 2.24) is 5.16 Å². The van der Waals surface area contributed by atoms with Gasteiger partial charge in [-0.15, -0.1) is 0 Å². The van der Waals surface area contributed by atoms with Crippen LogP contribution in [0.25, 0.3) is 22.6 Å². The molecular formula is C20H21NO6. The highest BCUT2D eigenvalue weighted by molar-refractivity contribution is 5.88. The zero-order chi connectivity index (χ0) is 19.6. The average molecular weight is 371 g/mol. The third-order valence-corrected chi connectivity index (χ3v) is 4.22. The number of furan rings is 1. The van der Waals surface area contributed by atoms with E-state index >= 15 is 0 Å². The molecule has 1 aromatic carbocycles. The maximum Gasteiger partial charge on any atom is 0.374 e. The average Bonchev–Trinajstić information content (AvgIpc) is 3.28. The minimum Gasteiger partial charge on any atom is -0.507 e. The van der Waals surface area contributed by atoms with E-state index in [1.807, 2.05) is 6.92 Å². The summed E-state index contributed by atoms with van der Waals surface area (Å²) in [6.07, 6.45) is 0.715. The molecule has 27 heavy (non-hydrogen) atoms. The number of nitrogens with zero attached hydrogens (tertiary/aromatic N) is 1. The van der Waals surface area contributed by atoms with Crippen LogP contribution in [0.4, 0.5) is 0 Å². The van der Waals surface area contributed by atoms with Gasteiger partial charge in [-0.05, 0) is 44.0 Å². The maximum absolute atomic E-state index is 11.9. The Bertz CT molecular complexity index is 969. The summed E-state index contributed by atoms with van der Waals surface area (Å²) in [6.45, 7) is 5.73. The SMILES string of the molecule is CCOC(=O)c1ccc(-c2c(C)noc2-c2cc(CC)c(OC)cc2O)o1. The van der Waals surface area contributed by atoms with Crippen LogP contribution < -0.4 is 4.74 Å². The van der Waals surface area contributed by atoms with Gasteiger partial charge in [-0.2, -0.15) is 0 Å². The second-order valence-corrected chi connectivity index (χ2v) is 5.89. The van der Waals surface area contributed by atoms with Gasteiger partial charge in [0.2, 0.25) is 5.76 Å². The van der Waals surface area contributed by atoms with Crippen molar-refractivity contribution in [3.05, 3.63) is 41.3 Å². The van der Waals surface area contributed by atoms with E-state index in [9.17, 15) is 9.90 Å². The van der Waals surface area contributed by atoms with E-state index in [0.29, 0.717) is 40.5 Å². The molecular weight excluding hydrogens is 350 g/mol. The van der Waals surface area contributed by atoms with Crippen LogP contribution in [0.3, 0.4) is 0 Å². The minimum absolute atomic E-state index is 0.00128. The van der Waals surface area contributed by atoms with Crippen LogP contribution in [0.15, 0.2) is 33.2 Å². The topological polar surface area (TPSA) is 94.9 Å². The molecule has 3 rings (SSSR count). The Morgan fingerprint density at radius 1 is 1.26 bits per heavy atom. The predicted molar refractivity (Wildman–Crippen MR) is 97.9 cm³/mol. The van der Waals surface area contributed by atoms with Gasteiger partial charge >= 0.3 is 5.97 Å². The molecule has 0 bridgehead atoms. The van der Waals surface area contributed by atoms with Gasteiger partial charge < -0.3 is 23.5 Å². The molecule has 0 aliphatic rings. The fourth-order valence-electron chi connectivity index (χ4n) is 2.89. The molecule has 0 saturated carbocycles. The second kappa shape index (κ2) is 7.57. The van der Waals surface area contributed by atoms with Crippen molar-refractivity contribution in [3.63, 3.8) is 0 Å². The number of hydrogen-bond acceptors (Lipinski definition) is 7. The fraction of sp³-hybridized carbons (Fsp3) is 0.300. The molecule has 2 heterocycles. The number of ether oxygens (including phenoxy) is 2. The Morgan fingerprint density at radius 2 is 2.04 bits per heavy atom. The lowest BCUT2D eigenvalue weighted by atomic mass is 10.0. The van der Waals surface area contributed by atoms with E-state index in [0.717, 1.165) is 5.56 Å². The summed E-state index contributed by atoms with van der Waals surface area (Å²) in [4.78, 5) is 11.9. The molecule has 0 amide bonds. The quantitative estimate of drug-likeness (QED) is 0.643.